The summed E-state index contributed by atoms with van der Waals surface area (Å²) < 4.78 is 0. The summed E-state index contributed by atoms with van der Waals surface area (Å²) >= 11 is 1.43. The van der Waals surface area contributed by atoms with E-state index in [4.69, 9.17) is 4.84 Å². The molecule has 1 aliphatic heterocycles. The number of amides is 2. The molecule has 0 aliphatic carbocycles. The van der Waals surface area contributed by atoms with Crippen molar-refractivity contribution in [2.24, 2.45) is 5.92 Å². The van der Waals surface area contributed by atoms with Gasteiger partial charge in [-0.25, -0.2) is 5.48 Å². The number of hydrogen-bond donors (Lipinski definition) is 1. The number of thiophene rings is 1. The van der Waals surface area contributed by atoms with Gasteiger partial charge in [-0.3, -0.25) is 14.4 Å². The Hall–Kier alpha value is -2.18. The monoisotopic (exact) mass is 344 g/mol. The standard InChI is InChI=1S/C18H20N2O3S/c21-17(19-23-13-14-6-2-1-3-7-14)15-8-4-10-20(12-15)18(22)16-9-5-11-24-16/h1-3,5-7,9,11,15H,4,8,10,12-13H2,(H,19,21)/t15-/m1/s1. The number of nitrogens with one attached hydrogen (secondary N) is 1. The maximum Gasteiger partial charge on any atom is 0.263 e. The van der Waals surface area contributed by atoms with Crippen LogP contribution in [0.1, 0.15) is 28.1 Å². The quantitative estimate of drug-likeness (QED) is 0.849. The van der Waals surface area contributed by atoms with E-state index in [1.807, 2.05) is 47.8 Å². The van der Waals surface area contributed by atoms with Crippen LogP contribution in [0.3, 0.4) is 0 Å². The molecule has 126 valence electrons. The van der Waals surface area contributed by atoms with Crippen LogP contribution >= 0.6 is 11.3 Å². The van der Waals surface area contributed by atoms with Crippen LogP contribution in [-0.4, -0.2) is 29.8 Å². The summed E-state index contributed by atoms with van der Waals surface area (Å²) in [5, 5.41) is 1.89. The van der Waals surface area contributed by atoms with Gasteiger partial charge in [-0.15, -0.1) is 11.3 Å². The van der Waals surface area contributed by atoms with Crippen molar-refractivity contribution in [1.82, 2.24) is 10.4 Å². The van der Waals surface area contributed by atoms with E-state index in [1.165, 1.54) is 11.3 Å². The fourth-order valence-electron chi connectivity index (χ4n) is 2.78. The third-order valence-electron chi connectivity index (χ3n) is 4.07. The number of hydrogen-bond acceptors (Lipinski definition) is 4. The second-order valence-corrected chi connectivity index (χ2v) is 6.76. The second-order valence-electron chi connectivity index (χ2n) is 5.81. The third-order valence-corrected chi connectivity index (χ3v) is 4.92. The molecule has 0 spiro atoms. The Morgan fingerprint density at radius 3 is 2.79 bits per heavy atom. The van der Waals surface area contributed by atoms with Crippen LogP contribution in [0.4, 0.5) is 0 Å². The Labute approximate surface area is 145 Å². The second kappa shape index (κ2) is 8.08. The highest BCUT2D eigenvalue weighted by Crippen LogP contribution is 2.20. The summed E-state index contributed by atoms with van der Waals surface area (Å²) in [7, 11) is 0. The highest BCUT2D eigenvalue weighted by atomic mass is 32.1. The van der Waals surface area contributed by atoms with E-state index in [9.17, 15) is 9.59 Å². The molecule has 1 atom stereocenters. The molecule has 1 fully saturated rings. The summed E-state index contributed by atoms with van der Waals surface area (Å²) in [6, 6.07) is 13.3. The van der Waals surface area contributed by atoms with Gasteiger partial charge in [0, 0.05) is 13.1 Å². The van der Waals surface area contributed by atoms with Gasteiger partial charge in [0.15, 0.2) is 0 Å². The maximum atomic E-state index is 12.4. The topological polar surface area (TPSA) is 58.6 Å². The first kappa shape index (κ1) is 16.7. The van der Waals surface area contributed by atoms with Gasteiger partial charge in [0.25, 0.3) is 5.91 Å². The molecule has 24 heavy (non-hydrogen) atoms. The number of hydroxylamine groups is 1. The minimum absolute atomic E-state index is 0.00713. The van der Waals surface area contributed by atoms with Gasteiger partial charge in [-0.2, -0.15) is 0 Å². The molecule has 0 saturated carbocycles. The third kappa shape index (κ3) is 4.21. The number of likely N-dealkylation sites (tertiary alicyclic amines) is 1. The van der Waals surface area contributed by atoms with Crippen molar-refractivity contribution < 1.29 is 14.4 Å². The predicted molar refractivity (Wildman–Crippen MR) is 92.3 cm³/mol. The van der Waals surface area contributed by atoms with Gasteiger partial charge in [0.05, 0.1) is 17.4 Å². The molecule has 2 heterocycles. The molecular weight excluding hydrogens is 324 g/mol. The van der Waals surface area contributed by atoms with Crippen molar-refractivity contribution in [3.63, 3.8) is 0 Å². The van der Waals surface area contributed by atoms with Crippen LogP contribution in [0.25, 0.3) is 0 Å². The van der Waals surface area contributed by atoms with E-state index in [2.05, 4.69) is 5.48 Å². The average Bonchev–Trinajstić information content (AvgIpc) is 3.16. The first-order chi connectivity index (χ1) is 11.7. The number of benzene rings is 1. The molecule has 1 aliphatic rings. The number of carbonyl (C=O) groups excluding carboxylic acids is 2. The molecule has 0 radical (unpaired) electrons. The molecule has 0 bridgehead atoms. The number of piperidine rings is 1. The zero-order chi connectivity index (χ0) is 16.8. The summed E-state index contributed by atoms with van der Waals surface area (Å²) in [4.78, 5) is 32.5. The summed E-state index contributed by atoms with van der Waals surface area (Å²) in [6.07, 6.45) is 1.60. The van der Waals surface area contributed by atoms with Crippen molar-refractivity contribution in [3.8, 4) is 0 Å². The van der Waals surface area contributed by atoms with Gasteiger partial charge in [-0.05, 0) is 29.9 Å². The Kier molecular flexibility index (Phi) is 5.61. The van der Waals surface area contributed by atoms with Gasteiger partial charge >= 0.3 is 0 Å². The van der Waals surface area contributed by atoms with Crippen molar-refractivity contribution >= 4 is 23.2 Å². The highest BCUT2D eigenvalue weighted by Gasteiger charge is 2.29. The molecular formula is C18H20N2O3S. The van der Waals surface area contributed by atoms with Crippen LogP contribution in [-0.2, 0) is 16.2 Å². The van der Waals surface area contributed by atoms with Crippen LogP contribution in [0.15, 0.2) is 47.8 Å². The molecule has 1 aromatic carbocycles. The van der Waals surface area contributed by atoms with E-state index < -0.39 is 0 Å². The van der Waals surface area contributed by atoms with E-state index in [0.717, 1.165) is 23.3 Å². The summed E-state index contributed by atoms with van der Waals surface area (Å²) in [5.74, 6) is -0.374. The molecule has 1 aromatic heterocycles. The Balaban J connectivity index is 1.49. The minimum Gasteiger partial charge on any atom is -0.337 e. The minimum atomic E-state index is -0.224. The van der Waals surface area contributed by atoms with Crippen molar-refractivity contribution in [3.05, 3.63) is 58.3 Å². The SMILES string of the molecule is O=C(NOCc1ccccc1)[C@@H]1CCCN(C(=O)c2cccs2)C1. The fraction of sp³-hybridized carbons (Fsp3) is 0.333. The summed E-state index contributed by atoms with van der Waals surface area (Å²) in [5.41, 5.74) is 3.52. The van der Waals surface area contributed by atoms with Crippen LogP contribution in [0, 0.1) is 5.92 Å². The Morgan fingerprint density at radius 1 is 1.21 bits per heavy atom. The molecule has 1 saturated heterocycles. The van der Waals surface area contributed by atoms with Gasteiger partial charge in [0.2, 0.25) is 5.91 Å². The molecule has 2 amide bonds. The predicted octanol–water partition coefficient (Wildman–Crippen LogP) is 2.85. The lowest BCUT2D eigenvalue weighted by Crippen LogP contribution is -2.45. The van der Waals surface area contributed by atoms with Gasteiger partial charge in [-0.1, -0.05) is 36.4 Å². The normalized spacial score (nSPS) is 17.5. The van der Waals surface area contributed by atoms with Crippen molar-refractivity contribution in [1.29, 1.82) is 0 Å². The van der Waals surface area contributed by atoms with Crippen molar-refractivity contribution in [2.45, 2.75) is 19.4 Å². The highest BCUT2D eigenvalue weighted by molar-refractivity contribution is 7.12. The molecule has 3 rings (SSSR count). The molecule has 1 N–H and O–H groups in total. The van der Waals surface area contributed by atoms with E-state index in [0.29, 0.717) is 19.7 Å². The lowest BCUT2D eigenvalue weighted by molar-refractivity contribution is -0.140. The molecule has 6 heteroatoms. The first-order valence-electron chi connectivity index (χ1n) is 8.02. The molecule has 2 aromatic rings. The Bertz CT molecular complexity index is 673. The van der Waals surface area contributed by atoms with Gasteiger partial charge < -0.3 is 4.90 Å². The Morgan fingerprint density at radius 2 is 2.04 bits per heavy atom. The maximum absolute atomic E-state index is 12.4. The van der Waals surface area contributed by atoms with Crippen LogP contribution < -0.4 is 5.48 Å². The lowest BCUT2D eigenvalue weighted by atomic mass is 9.97. The van der Waals surface area contributed by atoms with E-state index in [1.54, 1.807) is 4.90 Å². The van der Waals surface area contributed by atoms with E-state index in [-0.39, 0.29) is 17.7 Å². The molecule has 0 unspecified atom stereocenters. The zero-order valence-corrected chi connectivity index (χ0v) is 14.1. The van der Waals surface area contributed by atoms with E-state index >= 15 is 0 Å². The van der Waals surface area contributed by atoms with Crippen LogP contribution in [0.2, 0.25) is 0 Å². The average molecular weight is 344 g/mol. The van der Waals surface area contributed by atoms with Crippen LogP contribution in [0.5, 0.6) is 0 Å². The first-order valence-corrected chi connectivity index (χ1v) is 8.90. The van der Waals surface area contributed by atoms with Gasteiger partial charge in [0.1, 0.15) is 0 Å². The fourth-order valence-corrected chi connectivity index (χ4v) is 3.47. The number of carbonyl (C=O) groups is 2. The smallest absolute Gasteiger partial charge is 0.263 e. The lowest BCUT2D eigenvalue weighted by Gasteiger charge is -2.31. The number of nitrogens with zero attached hydrogens (tertiary/aromatic N) is 1. The molecule has 5 nitrogen and oxygen atoms in total. The van der Waals surface area contributed by atoms with Crippen molar-refractivity contribution in [2.75, 3.05) is 13.1 Å². The largest absolute Gasteiger partial charge is 0.337 e. The summed E-state index contributed by atoms with van der Waals surface area (Å²) in [6.45, 7) is 1.47. The zero-order valence-electron chi connectivity index (χ0n) is 13.3. The number of rotatable bonds is 5.